The van der Waals surface area contributed by atoms with Crippen LogP contribution in [0.15, 0.2) is 23.0 Å². The fraction of sp³-hybridized carbons (Fsp3) is 0.914. The Morgan fingerprint density at radius 1 is 0.576 bits per heavy atom. The lowest BCUT2D eigenvalue weighted by atomic mass is 9.42. The zero-order valence-electron chi connectivity index (χ0n) is 49.2. The van der Waals surface area contributed by atoms with E-state index in [4.69, 9.17) is 52.1 Å². The third-order valence-corrected chi connectivity index (χ3v) is 22.2. The molecule has 10 rings (SSSR count). The van der Waals surface area contributed by atoms with Crippen molar-refractivity contribution in [3.63, 3.8) is 0 Å². The van der Waals surface area contributed by atoms with Crippen LogP contribution in [0.2, 0.25) is 0 Å². The van der Waals surface area contributed by atoms with E-state index < -0.39 is 191 Å². The SMILES string of the molecule is CCC(=O)C1=C[C@@H](C)[C@]2(CC[C@@]3(C)C4=C(CC[C@@]32C)[C@@]2(C)CC[C@H](O[C@@H]3O[C@H](CO[C@@H]5OC[C@H](O)[C@H](O)[C@H]5O[C@@H]5O[C@H](CO)[C@@H](O)[C@H](O[C@@H]6O[C@H](CO)[C@@H](O)[C@H](O)[C@H]6O)[C@H]5O[C@@H]5O[C@@H](C)[C@H](O)[C@@H](O)[C@H]5O)[C@@H](O)[C@H](O)[C@H]3O)[C@](C)(CO)[C@@H]2CC4)O1. The number of fused-ring (bicyclic) bond motifs is 5. The van der Waals surface area contributed by atoms with Crippen molar-refractivity contribution in [2.75, 3.05) is 33.0 Å². The maximum absolute atomic E-state index is 13.0. The van der Waals surface area contributed by atoms with Crippen molar-refractivity contribution in [3.05, 3.63) is 23.0 Å². The van der Waals surface area contributed by atoms with E-state index in [2.05, 4.69) is 27.7 Å². The largest absolute Gasteiger partial charge is 0.483 e. The fourth-order valence-corrected chi connectivity index (χ4v) is 16.7. The molecule has 0 amide bonds. The average molecular weight is 1220 g/mol. The topological polar surface area (TPSA) is 422 Å². The van der Waals surface area contributed by atoms with E-state index in [1.165, 1.54) is 18.1 Å². The van der Waals surface area contributed by atoms with Crippen molar-refractivity contribution < 1.29 is 133 Å². The van der Waals surface area contributed by atoms with Gasteiger partial charge in [-0.1, -0.05) is 52.7 Å². The van der Waals surface area contributed by atoms with Crippen LogP contribution in [0.4, 0.5) is 0 Å². The maximum atomic E-state index is 13.0. The second-order valence-electron chi connectivity index (χ2n) is 26.5. The Bertz CT molecular complexity index is 2420. The third kappa shape index (κ3) is 10.8. The molecule has 27 heteroatoms. The van der Waals surface area contributed by atoms with Gasteiger partial charge in [-0.3, -0.25) is 4.79 Å². The number of hydrogen-bond donors (Lipinski definition) is 15. The van der Waals surface area contributed by atoms with Gasteiger partial charge >= 0.3 is 0 Å². The Kier molecular flexibility index (Phi) is 19.3. The first kappa shape index (κ1) is 65.9. The Morgan fingerprint density at radius 2 is 1.15 bits per heavy atom. The number of rotatable bonds is 16. The summed E-state index contributed by atoms with van der Waals surface area (Å²) in [6.45, 7) is 11.0. The van der Waals surface area contributed by atoms with Gasteiger partial charge in [-0.15, -0.1) is 0 Å². The van der Waals surface area contributed by atoms with Crippen LogP contribution in [0, 0.1) is 33.5 Å². The Hall–Kier alpha value is -2.05. The molecule has 5 saturated heterocycles. The van der Waals surface area contributed by atoms with Crippen LogP contribution < -0.4 is 0 Å². The quantitative estimate of drug-likeness (QED) is 0.0667. The number of allylic oxidation sites excluding steroid dienone is 3. The Morgan fingerprint density at radius 3 is 1.80 bits per heavy atom. The summed E-state index contributed by atoms with van der Waals surface area (Å²) in [6.07, 6.45) is -35.5. The van der Waals surface area contributed by atoms with Crippen molar-refractivity contribution in [1.82, 2.24) is 0 Å². The molecule has 0 aromatic carbocycles. The predicted molar refractivity (Wildman–Crippen MR) is 285 cm³/mol. The van der Waals surface area contributed by atoms with Crippen LogP contribution in [0.5, 0.6) is 0 Å². The molecule has 15 N–H and O–H groups in total. The summed E-state index contributed by atoms with van der Waals surface area (Å²) in [4.78, 5) is 13.0. The number of carbonyl (C=O) groups excluding carboxylic acids is 1. The first-order valence-electron chi connectivity index (χ1n) is 30.2. The van der Waals surface area contributed by atoms with Gasteiger partial charge in [-0.2, -0.15) is 0 Å². The molecule has 1 spiro atoms. The number of hydrogen-bond acceptors (Lipinski definition) is 27. The summed E-state index contributed by atoms with van der Waals surface area (Å²) in [6, 6.07) is 0. The lowest BCUT2D eigenvalue weighted by Crippen LogP contribution is -2.68. The first-order valence-corrected chi connectivity index (χ1v) is 30.2. The van der Waals surface area contributed by atoms with E-state index >= 15 is 0 Å². The molecule has 6 aliphatic heterocycles. The lowest BCUT2D eigenvalue weighted by molar-refractivity contribution is -0.406. The lowest BCUT2D eigenvalue weighted by Gasteiger charge is -2.63. The van der Waals surface area contributed by atoms with Gasteiger partial charge in [0.2, 0.25) is 0 Å². The van der Waals surface area contributed by atoms with Gasteiger partial charge in [-0.05, 0) is 81.1 Å². The molecular weight excluding hydrogens is 1130 g/mol. The molecule has 0 bridgehead atoms. The average Bonchev–Trinajstić information content (AvgIpc) is 1.64. The second kappa shape index (κ2) is 24.9. The fourth-order valence-electron chi connectivity index (χ4n) is 16.7. The van der Waals surface area contributed by atoms with E-state index in [9.17, 15) is 81.4 Å². The number of aliphatic hydroxyl groups excluding tert-OH is 15. The minimum absolute atomic E-state index is 0.0124. The van der Waals surface area contributed by atoms with Crippen LogP contribution in [-0.2, 0) is 56.9 Å². The molecule has 7 fully saturated rings. The van der Waals surface area contributed by atoms with Gasteiger partial charge in [0.1, 0.15) is 115 Å². The Balaban J connectivity index is 0.858. The number of ether oxygens (including phenoxy) is 11. The van der Waals surface area contributed by atoms with E-state index in [-0.39, 0.29) is 40.5 Å². The summed E-state index contributed by atoms with van der Waals surface area (Å²) < 4.78 is 67.2. The summed E-state index contributed by atoms with van der Waals surface area (Å²) in [5.41, 5.74) is 0.631. The standard InChI is InChI=1S/C58H92O27/c1-8-27(62)29-17-23(2)58(85-29)16-15-56(6)26-9-10-33-54(4,25(26)11-14-57(56,58)7)13-12-34(55(33,5)22-61)81-50-44(73)42(71)38(67)32(80-50)21-76-52-47(36(65)28(63)20-75-52)83-53-48(84-49-43(72)40(69)35(64)24(3)77-49)46(39(68)31(19-60)79-53)82-51-45(74)41(70)37(66)30(18-59)78-51/h17,23-24,28,30-53,59-61,63-74H,8-16,18-22H2,1-7H3/t23-,24+,28+,30-,31-,32-,33-,34+,35+,36+,37-,38-,39-,40-,41+,42+,43-,44-,45-,46+,47-,48-,49+,50+,51+,52+,53+,54-,55-,56+,57+,58+/m1/s1. The highest BCUT2D eigenvalue weighted by Gasteiger charge is 2.72. The van der Waals surface area contributed by atoms with E-state index in [0.717, 1.165) is 38.5 Å². The minimum atomic E-state index is -2.05. The molecule has 0 radical (unpaired) electrons. The van der Waals surface area contributed by atoms with Gasteiger partial charge < -0.3 is 129 Å². The third-order valence-electron chi connectivity index (χ3n) is 22.2. The van der Waals surface area contributed by atoms with Gasteiger partial charge in [0.05, 0.1) is 45.2 Å². The number of ketones is 1. The molecule has 2 saturated carbocycles. The molecule has 6 heterocycles. The highest BCUT2D eigenvalue weighted by Crippen LogP contribution is 2.75. The molecule has 0 aromatic heterocycles. The molecule has 32 atom stereocenters. The smallest absolute Gasteiger partial charge is 0.196 e. The van der Waals surface area contributed by atoms with Crippen molar-refractivity contribution in [1.29, 1.82) is 0 Å². The summed E-state index contributed by atoms with van der Waals surface area (Å²) in [7, 11) is 0. The van der Waals surface area contributed by atoms with Crippen molar-refractivity contribution in [2.24, 2.45) is 33.5 Å². The highest BCUT2D eigenvalue weighted by atomic mass is 16.8. The van der Waals surface area contributed by atoms with E-state index in [1.807, 2.05) is 19.9 Å². The molecule has 0 unspecified atom stereocenters. The number of aliphatic hydroxyl groups is 15. The van der Waals surface area contributed by atoms with Crippen LogP contribution in [0.25, 0.3) is 0 Å². The highest BCUT2D eigenvalue weighted by molar-refractivity contribution is 5.93. The summed E-state index contributed by atoms with van der Waals surface area (Å²) in [5.74, 6) is 0.456. The number of carbonyl (C=O) groups is 1. The maximum Gasteiger partial charge on any atom is 0.196 e. The van der Waals surface area contributed by atoms with Crippen LogP contribution >= 0.6 is 0 Å². The molecule has 0 aromatic rings. The van der Waals surface area contributed by atoms with Gasteiger partial charge in [0.15, 0.2) is 43.0 Å². The molecular formula is C58H92O27. The molecule has 27 nitrogen and oxygen atoms in total. The first-order chi connectivity index (χ1) is 40.1. The summed E-state index contributed by atoms with van der Waals surface area (Å²) in [5, 5.41) is 165. The van der Waals surface area contributed by atoms with E-state index in [1.54, 1.807) is 0 Å². The van der Waals surface area contributed by atoms with E-state index in [0.29, 0.717) is 25.0 Å². The number of Topliss-reactive ketones (excluding diaryl/α,β-unsaturated/α-hetero) is 1. The van der Waals surface area contributed by atoms with Crippen molar-refractivity contribution in [2.45, 2.75) is 265 Å². The van der Waals surface area contributed by atoms with Gasteiger partial charge in [0.25, 0.3) is 0 Å². The molecule has 85 heavy (non-hydrogen) atoms. The predicted octanol–water partition coefficient (Wildman–Crippen LogP) is -3.49. The van der Waals surface area contributed by atoms with Crippen molar-refractivity contribution >= 4 is 5.78 Å². The second-order valence-corrected chi connectivity index (χ2v) is 26.5. The normalized spacial score (nSPS) is 53.6. The molecule has 486 valence electrons. The van der Waals surface area contributed by atoms with Crippen LogP contribution in [0.3, 0.4) is 0 Å². The monoisotopic (exact) mass is 1220 g/mol. The van der Waals surface area contributed by atoms with Crippen LogP contribution in [-0.4, -0.2) is 275 Å². The van der Waals surface area contributed by atoms with Gasteiger partial charge in [0, 0.05) is 23.2 Å². The zero-order chi connectivity index (χ0) is 61.8. The minimum Gasteiger partial charge on any atom is -0.483 e. The summed E-state index contributed by atoms with van der Waals surface area (Å²) >= 11 is 0. The van der Waals surface area contributed by atoms with Gasteiger partial charge in [-0.25, -0.2) is 0 Å². The zero-order valence-corrected chi connectivity index (χ0v) is 49.2. The molecule has 10 aliphatic rings. The Labute approximate surface area is 492 Å². The molecule has 4 aliphatic carbocycles. The van der Waals surface area contributed by atoms with Crippen LogP contribution in [0.1, 0.15) is 106 Å². The van der Waals surface area contributed by atoms with Crippen molar-refractivity contribution in [3.8, 4) is 0 Å².